The van der Waals surface area contributed by atoms with E-state index in [0.29, 0.717) is 6.04 Å². The van der Waals surface area contributed by atoms with Crippen molar-refractivity contribution in [1.82, 2.24) is 10.2 Å². The fourth-order valence-corrected chi connectivity index (χ4v) is 2.99. The summed E-state index contributed by atoms with van der Waals surface area (Å²) in [6.07, 6.45) is 1.20. The Morgan fingerprint density at radius 3 is 2.45 bits per heavy atom. The third-order valence-electron chi connectivity index (χ3n) is 4.67. The SMILES string of the molecule is CCC(CN1CCN(c2cccc(C)c2C)CC1)NC. The fraction of sp³-hybridized carbons (Fsp3) is 0.647. The molecule has 3 nitrogen and oxygen atoms in total. The van der Waals surface area contributed by atoms with Crippen LogP contribution in [0, 0.1) is 13.8 Å². The van der Waals surface area contributed by atoms with Crippen LogP contribution in [0.15, 0.2) is 18.2 Å². The molecule has 0 aromatic heterocycles. The van der Waals surface area contributed by atoms with E-state index < -0.39 is 0 Å². The van der Waals surface area contributed by atoms with E-state index >= 15 is 0 Å². The zero-order chi connectivity index (χ0) is 14.5. The second-order valence-electron chi connectivity index (χ2n) is 5.90. The van der Waals surface area contributed by atoms with Crippen molar-refractivity contribution < 1.29 is 0 Å². The van der Waals surface area contributed by atoms with Crippen LogP contribution in [0.3, 0.4) is 0 Å². The molecule has 0 amide bonds. The topological polar surface area (TPSA) is 18.5 Å². The Balaban J connectivity index is 1.92. The minimum Gasteiger partial charge on any atom is -0.369 e. The molecule has 1 aromatic rings. The number of anilines is 1. The molecule has 1 unspecified atom stereocenters. The van der Waals surface area contributed by atoms with Gasteiger partial charge in [0.25, 0.3) is 0 Å². The lowest BCUT2D eigenvalue weighted by Crippen LogP contribution is -2.50. The number of rotatable bonds is 5. The van der Waals surface area contributed by atoms with Crippen molar-refractivity contribution >= 4 is 5.69 Å². The van der Waals surface area contributed by atoms with Gasteiger partial charge in [0.15, 0.2) is 0 Å². The number of benzene rings is 1. The maximum Gasteiger partial charge on any atom is 0.0399 e. The maximum absolute atomic E-state index is 3.40. The van der Waals surface area contributed by atoms with Gasteiger partial charge in [-0.1, -0.05) is 19.1 Å². The van der Waals surface area contributed by atoms with Crippen LogP contribution in [-0.2, 0) is 0 Å². The normalized spacial score (nSPS) is 18.3. The summed E-state index contributed by atoms with van der Waals surface area (Å²) in [6, 6.07) is 7.27. The van der Waals surface area contributed by atoms with Gasteiger partial charge in [-0.3, -0.25) is 4.90 Å². The van der Waals surface area contributed by atoms with Crippen LogP contribution in [0.25, 0.3) is 0 Å². The van der Waals surface area contributed by atoms with Crippen LogP contribution in [0.1, 0.15) is 24.5 Å². The van der Waals surface area contributed by atoms with Gasteiger partial charge in [0, 0.05) is 44.5 Å². The first-order valence-corrected chi connectivity index (χ1v) is 7.86. The molecule has 2 rings (SSSR count). The summed E-state index contributed by atoms with van der Waals surface area (Å²) < 4.78 is 0. The van der Waals surface area contributed by atoms with E-state index in [1.165, 1.54) is 42.9 Å². The largest absolute Gasteiger partial charge is 0.369 e. The zero-order valence-electron chi connectivity index (χ0n) is 13.4. The molecule has 1 heterocycles. The molecular formula is C17H29N3. The predicted molar refractivity (Wildman–Crippen MR) is 87.7 cm³/mol. The number of nitrogens with one attached hydrogen (secondary N) is 1. The summed E-state index contributed by atoms with van der Waals surface area (Å²) in [4.78, 5) is 5.13. The highest BCUT2D eigenvalue weighted by Crippen LogP contribution is 2.23. The van der Waals surface area contributed by atoms with Gasteiger partial charge in [-0.25, -0.2) is 0 Å². The van der Waals surface area contributed by atoms with Gasteiger partial charge in [-0.15, -0.1) is 0 Å². The predicted octanol–water partition coefficient (Wildman–Crippen LogP) is 2.42. The smallest absolute Gasteiger partial charge is 0.0399 e. The first kappa shape index (κ1) is 15.3. The van der Waals surface area contributed by atoms with Gasteiger partial charge in [-0.2, -0.15) is 0 Å². The van der Waals surface area contributed by atoms with Crippen LogP contribution in [-0.4, -0.2) is 50.7 Å². The summed E-state index contributed by atoms with van der Waals surface area (Å²) in [5.74, 6) is 0. The molecule has 0 saturated carbocycles. The highest BCUT2D eigenvalue weighted by molar-refractivity contribution is 5.56. The van der Waals surface area contributed by atoms with Gasteiger partial charge in [0.05, 0.1) is 0 Å². The monoisotopic (exact) mass is 275 g/mol. The van der Waals surface area contributed by atoms with E-state index in [4.69, 9.17) is 0 Å². The third-order valence-corrected chi connectivity index (χ3v) is 4.67. The van der Waals surface area contributed by atoms with Crippen molar-refractivity contribution in [1.29, 1.82) is 0 Å². The van der Waals surface area contributed by atoms with E-state index in [1.54, 1.807) is 0 Å². The Kier molecular flexibility index (Phi) is 5.44. The summed E-state index contributed by atoms with van der Waals surface area (Å²) in [6.45, 7) is 12.5. The molecule has 0 radical (unpaired) electrons. The number of nitrogens with zero attached hydrogens (tertiary/aromatic N) is 2. The number of piperazine rings is 1. The molecule has 1 N–H and O–H groups in total. The lowest BCUT2D eigenvalue weighted by Gasteiger charge is -2.38. The Hall–Kier alpha value is -1.06. The molecule has 3 heteroatoms. The number of likely N-dealkylation sites (N-methyl/N-ethyl adjacent to an activating group) is 1. The second kappa shape index (κ2) is 7.09. The lowest BCUT2D eigenvalue weighted by atomic mass is 10.1. The molecule has 1 aliphatic rings. The first-order chi connectivity index (χ1) is 9.65. The van der Waals surface area contributed by atoms with Crippen molar-refractivity contribution in [3.05, 3.63) is 29.3 Å². The van der Waals surface area contributed by atoms with Gasteiger partial charge in [0.1, 0.15) is 0 Å². The van der Waals surface area contributed by atoms with E-state index in [-0.39, 0.29) is 0 Å². The fourth-order valence-electron chi connectivity index (χ4n) is 2.99. The Bertz CT molecular complexity index is 418. The van der Waals surface area contributed by atoms with Crippen molar-refractivity contribution in [2.45, 2.75) is 33.2 Å². The first-order valence-electron chi connectivity index (χ1n) is 7.86. The standard InChI is InChI=1S/C17H29N3/c1-5-16(18-4)13-19-9-11-20(12-10-19)17-8-6-7-14(2)15(17)3/h6-8,16,18H,5,9-13H2,1-4H3. The van der Waals surface area contributed by atoms with E-state index in [9.17, 15) is 0 Å². The van der Waals surface area contributed by atoms with Gasteiger partial charge >= 0.3 is 0 Å². The van der Waals surface area contributed by atoms with E-state index in [2.05, 4.69) is 61.1 Å². The van der Waals surface area contributed by atoms with Crippen molar-refractivity contribution in [3.63, 3.8) is 0 Å². The van der Waals surface area contributed by atoms with Crippen molar-refractivity contribution in [2.24, 2.45) is 0 Å². The molecule has 1 fully saturated rings. The third kappa shape index (κ3) is 3.53. The quantitative estimate of drug-likeness (QED) is 0.890. The zero-order valence-corrected chi connectivity index (χ0v) is 13.4. The van der Waals surface area contributed by atoms with Crippen LogP contribution >= 0.6 is 0 Å². The highest BCUT2D eigenvalue weighted by Gasteiger charge is 2.20. The average Bonchev–Trinajstić information content (AvgIpc) is 2.48. The van der Waals surface area contributed by atoms with Crippen LogP contribution < -0.4 is 10.2 Å². The molecule has 112 valence electrons. The summed E-state index contributed by atoms with van der Waals surface area (Å²) in [5, 5.41) is 3.40. The molecule has 0 bridgehead atoms. The average molecular weight is 275 g/mol. The van der Waals surface area contributed by atoms with Crippen molar-refractivity contribution in [2.75, 3.05) is 44.7 Å². The summed E-state index contributed by atoms with van der Waals surface area (Å²) in [5.41, 5.74) is 4.25. The summed E-state index contributed by atoms with van der Waals surface area (Å²) in [7, 11) is 2.07. The molecule has 1 aliphatic heterocycles. The Morgan fingerprint density at radius 1 is 1.15 bits per heavy atom. The molecule has 1 atom stereocenters. The molecule has 0 spiro atoms. The molecule has 20 heavy (non-hydrogen) atoms. The lowest BCUT2D eigenvalue weighted by molar-refractivity contribution is 0.230. The second-order valence-corrected chi connectivity index (χ2v) is 5.90. The molecule has 1 saturated heterocycles. The summed E-state index contributed by atoms with van der Waals surface area (Å²) >= 11 is 0. The number of hydrogen-bond acceptors (Lipinski definition) is 3. The van der Waals surface area contributed by atoms with Crippen molar-refractivity contribution in [3.8, 4) is 0 Å². The minimum atomic E-state index is 0.627. The number of hydrogen-bond donors (Lipinski definition) is 1. The van der Waals surface area contributed by atoms with Crippen LogP contribution in [0.4, 0.5) is 5.69 Å². The Morgan fingerprint density at radius 2 is 1.85 bits per heavy atom. The highest BCUT2D eigenvalue weighted by atomic mass is 15.3. The van der Waals surface area contributed by atoms with Gasteiger partial charge in [-0.05, 0) is 44.5 Å². The van der Waals surface area contributed by atoms with E-state index in [1.807, 2.05) is 0 Å². The minimum absolute atomic E-state index is 0.627. The van der Waals surface area contributed by atoms with Gasteiger partial charge in [0.2, 0.25) is 0 Å². The van der Waals surface area contributed by atoms with E-state index in [0.717, 1.165) is 13.1 Å². The Labute approximate surface area is 124 Å². The molecule has 1 aromatic carbocycles. The van der Waals surface area contributed by atoms with Crippen LogP contribution in [0.2, 0.25) is 0 Å². The number of aryl methyl sites for hydroxylation is 1. The van der Waals surface area contributed by atoms with Gasteiger partial charge < -0.3 is 10.2 Å². The maximum atomic E-state index is 3.40. The molecule has 0 aliphatic carbocycles. The molecular weight excluding hydrogens is 246 g/mol. The van der Waals surface area contributed by atoms with Crippen LogP contribution in [0.5, 0.6) is 0 Å².